The van der Waals surface area contributed by atoms with E-state index in [-0.39, 0.29) is 17.2 Å². The van der Waals surface area contributed by atoms with Crippen LogP contribution in [-0.2, 0) is 4.79 Å². The third-order valence-electron chi connectivity index (χ3n) is 4.57. The summed E-state index contributed by atoms with van der Waals surface area (Å²) in [6.45, 7) is 6.12. The van der Waals surface area contributed by atoms with Crippen molar-refractivity contribution in [3.8, 4) is 11.8 Å². The van der Waals surface area contributed by atoms with Crippen LogP contribution in [0.4, 0.5) is 5.69 Å². The number of nitrogens with zero attached hydrogens (tertiary/aromatic N) is 3. The SMILES string of the molecule is Cc1ncc(OC[C@@]2(C)C[C@H]2C(=O)Nc2cc(Cl)cc(C#N)c2)c(C)n1. The summed E-state index contributed by atoms with van der Waals surface area (Å²) in [7, 11) is 0. The van der Waals surface area contributed by atoms with Gasteiger partial charge in [0.2, 0.25) is 5.91 Å². The van der Waals surface area contributed by atoms with Gasteiger partial charge in [-0.1, -0.05) is 18.5 Å². The van der Waals surface area contributed by atoms with Crippen molar-refractivity contribution in [3.05, 3.63) is 46.5 Å². The maximum Gasteiger partial charge on any atom is 0.228 e. The second-order valence-electron chi connectivity index (χ2n) is 6.90. The van der Waals surface area contributed by atoms with E-state index in [0.29, 0.717) is 34.5 Å². The van der Waals surface area contributed by atoms with Crippen LogP contribution in [0.3, 0.4) is 0 Å². The van der Waals surface area contributed by atoms with Gasteiger partial charge in [0.05, 0.1) is 30.1 Å². The average molecular weight is 371 g/mol. The number of aromatic nitrogens is 2. The van der Waals surface area contributed by atoms with Crippen LogP contribution in [0.2, 0.25) is 5.02 Å². The van der Waals surface area contributed by atoms with Crippen molar-refractivity contribution in [1.29, 1.82) is 5.26 Å². The first-order chi connectivity index (χ1) is 12.3. The number of hydrogen-bond donors (Lipinski definition) is 1. The van der Waals surface area contributed by atoms with Crippen LogP contribution in [0.15, 0.2) is 24.4 Å². The largest absolute Gasteiger partial charge is 0.489 e. The fourth-order valence-corrected chi connectivity index (χ4v) is 3.12. The minimum atomic E-state index is -0.238. The summed E-state index contributed by atoms with van der Waals surface area (Å²) in [4.78, 5) is 20.9. The second-order valence-corrected chi connectivity index (χ2v) is 7.33. The molecule has 7 heteroatoms. The van der Waals surface area contributed by atoms with Crippen LogP contribution in [0.25, 0.3) is 0 Å². The second kappa shape index (κ2) is 6.93. The number of amides is 1. The molecule has 1 N–H and O–H groups in total. The summed E-state index contributed by atoms with van der Waals surface area (Å²) in [5.41, 5.74) is 1.48. The van der Waals surface area contributed by atoms with Gasteiger partial charge >= 0.3 is 0 Å². The van der Waals surface area contributed by atoms with Crippen LogP contribution in [0.5, 0.6) is 5.75 Å². The van der Waals surface area contributed by atoms with E-state index in [0.717, 1.165) is 12.1 Å². The zero-order chi connectivity index (χ0) is 18.9. The molecule has 2 atom stereocenters. The number of nitriles is 1. The number of carbonyl (C=O) groups is 1. The molecule has 6 nitrogen and oxygen atoms in total. The molecule has 26 heavy (non-hydrogen) atoms. The molecule has 0 aliphatic heterocycles. The first-order valence-corrected chi connectivity index (χ1v) is 8.63. The van der Waals surface area contributed by atoms with Crippen molar-refractivity contribution >= 4 is 23.2 Å². The molecule has 1 aromatic heterocycles. The summed E-state index contributed by atoms with van der Waals surface area (Å²) in [6.07, 6.45) is 2.39. The number of anilines is 1. The van der Waals surface area contributed by atoms with Gasteiger partial charge in [-0.25, -0.2) is 9.97 Å². The lowest BCUT2D eigenvalue weighted by atomic mass is 10.1. The molecule has 0 radical (unpaired) electrons. The highest BCUT2D eigenvalue weighted by molar-refractivity contribution is 6.31. The highest BCUT2D eigenvalue weighted by Crippen LogP contribution is 2.52. The van der Waals surface area contributed by atoms with E-state index in [1.165, 1.54) is 0 Å². The van der Waals surface area contributed by atoms with Gasteiger partial charge in [-0.15, -0.1) is 0 Å². The number of rotatable bonds is 5. The molecule has 1 aromatic carbocycles. The first-order valence-electron chi connectivity index (χ1n) is 8.25. The van der Waals surface area contributed by atoms with E-state index in [1.807, 2.05) is 26.8 Å². The van der Waals surface area contributed by atoms with Gasteiger partial charge in [-0.2, -0.15) is 5.26 Å². The lowest BCUT2D eigenvalue weighted by Gasteiger charge is -2.14. The van der Waals surface area contributed by atoms with Gasteiger partial charge in [-0.05, 0) is 38.5 Å². The van der Waals surface area contributed by atoms with Crippen LogP contribution < -0.4 is 10.1 Å². The molecule has 134 valence electrons. The van der Waals surface area contributed by atoms with Gasteiger partial charge < -0.3 is 10.1 Å². The van der Waals surface area contributed by atoms with E-state index in [2.05, 4.69) is 15.3 Å². The number of nitrogens with one attached hydrogen (secondary N) is 1. The molecular formula is C19H19ClN4O2. The predicted molar refractivity (Wildman–Crippen MR) is 98.0 cm³/mol. The molecule has 1 heterocycles. The highest BCUT2D eigenvalue weighted by atomic mass is 35.5. The Balaban J connectivity index is 1.60. The van der Waals surface area contributed by atoms with Gasteiger partial charge in [0.25, 0.3) is 0 Å². The van der Waals surface area contributed by atoms with Crippen LogP contribution >= 0.6 is 11.6 Å². The lowest BCUT2D eigenvalue weighted by molar-refractivity contribution is -0.118. The summed E-state index contributed by atoms with van der Waals surface area (Å²) in [5, 5.41) is 12.2. The van der Waals surface area contributed by atoms with Gasteiger partial charge in [-0.3, -0.25) is 4.79 Å². The Morgan fingerprint density at radius 3 is 2.92 bits per heavy atom. The molecule has 1 saturated carbocycles. The van der Waals surface area contributed by atoms with E-state index in [9.17, 15) is 4.79 Å². The number of halogens is 1. The molecule has 1 amide bonds. The van der Waals surface area contributed by atoms with Crippen molar-refractivity contribution in [2.75, 3.05) is 11.9 Å². The summed E-state index contributed by atoms with van der Waals surface area (Å²) in [5.74, 6) is 1.08. The zero-order valence-corrected chi connectivity index (χ0v) is 15.6. The Morgan fingerprint density at radius 1 is 1.46 bits per heavy atom. The Morgan fingerprint density at radius 2 is 2.23 bits per heavy atom. The maximum atomic E-state index is 12.5. The van der Waals surface area contributed by atoms with Gasteiger partial charge in [0.15, 0.2) is 5.75 Å². The van der Waals surface area contributed by atoms with E-state index >= 15 is 0 Å². The molecule has 0 saturated heterocycles. The zero-order valence-electron chi connectivity index (χ0n) is 14.8. The van der Waals surface area contributed by atoms with Crippen LogP contribution in [0.1, 0.15) is 30.4 Å². The molecule has 3 rings (SSSR count). The van der Waals surface area contributed by atoms with Gasteiger partial charge in [0, 0.05) is 22.0 Å². The Labute approximate surface area is 157 Å². The molecule has 0 bridgehead atoms. The topological polar surface area (TPSA) is 87.9 Å². The minimum Gasteiger partial charge on any atom is -0.489 e. The number of ether oxygens (including phenoxy) is 1. The Bertz CT molecular complexity index is 909. The molecule has 1 fully saturated rings. The fourth-order valence-electron chi connectivity index (χ4n) is 2.89. The quantitative estimate of drug-likeness (QED) is 0.867. The minimum absolute atomic E-state index is 0.0980. The first kappa shape index (κ1) is 18.2. The molecular weight excluding hydrogens is 352 g/mol. The van der Waals surface area contributed by atoms with Crippen LogP contribution in [0, 0.1) is 36.5 Å². The number of carbonyl (C=O) groups excluding carboxylic acids is 1. The highest BCUT2D eigenvalue weighted by Gasteiger charge is 2.55. The molecule has 2 aromatic rings. The Kier molecular flexibility index (Phi) is 4.84. The van der Waals surface area contributed by atoms with Crippen LogP contribution in [-0.4, -0.2) is 22.5 Å². The normalized spacial score (nSPS) is 21.0. The maximum absolute atomic E-state index is 12.5. The molecule has 1 aliphatic carbocycles. The van der Waals surface area contributed by atoms with Crippen molar-refractivity contribution in [2.24, 2.45) is 11.3 Å². The third-order valence-corrected chi connectivity index (χ3v) is 4.79. The smallest absolute Gasteiger partial charge is 0.228 e. The lowest BCUT2D eigenvalue weighted by Crippen LogP contribution is -2.21. The van der Waals surface area contributed by atoms with E-state index in [1.54, 1.807) is 24.4 Å². The predicted octanol–water partition coefficient (Wildman–Crippen LogP) is 3.66. The van der Waals surface area contributed by atoms with E-state index < -0.39 is 0 Å². The number of hydrogen-bond acceptors (Lipinski definition) is 5. The molecule has 1 aliphatic rings. The monoisotopic (exact) mass is 370 g/mol. The Hall–Kier alpha value is -2.65. The fraction of sp³-hybridized carbons (Fsp3) is 0.368. The van der Waals surface area contributed by atoms with Crippen molar-refractivity contribution in [3.63, 3.8) is 0 Å². The average Bonchev–Trinajstić information content (AvgIpc) is 3.25. The summed E-state index contributed by atoms with van der Waals surface area (Å²) < 4.78 is 5.84. The molecule has 0 spiro atoms. The van der Waals surface area contributed by atoms with E-state index in [4.69, 9.17) is 21.6 Å². The standard InChI is InChI=1S/C19H19ClN4O2/c1-11-17(9-22-12(2)23-11)26-10-19(3)7-16(19)18(25)24-15-5-13(8-21)4-14(20)6-15/h4-6,9,16H,7,10H2,1-3H3,(H,24,25)/t16-,19+/m0/s1. The number of aryl methyl sites for hydroxylation is 2. The van der Waals surface area contributed by atoms with Gasteiger partial charge in [0.1, 0.15) is 5.82 Å². The number of benzene rings is 1. The van der Waals surface area contributed by atoms with Crippen molar-refractivity contribution < 1.29 is 9.53 Å². The third kappa shape index (κ3) is 3.94. The van der Waals surface area contributed by atoms with Crippen molar-refractivity contribution in [1.82, 2.24) is 9.97 Å². The summed E-state index contributed by atoms with van der Waals surface area (Å²) in [6, 6.07) is 6.81. The summed E-state index contributed by atoms with van der Waals surface area (Å²) >= 11 is 5.97. The van der Waals surface area contributed by atoms with Crippen molar-refractivity contribution in [2.45, 2.75) is 27.2 Å². The molecule has 0 unspecified atom stereocenters.